The van der Waals surface area contributed by atoms with E-state index in [1.807, 2.05) is 25.1 Å². The van der Waals surface area contributed by atoms with E-state index in [0.717, 1.165) is 35.6 Å². The standard InChI is InChI=1S/C22H28N2O2/c1-5-6-14-19-21(25)24(4)20(22(26)23(19)3)15(2)17-13-9-11-16-10-7-8-12-18(16)17/h7-13,15,19-20H,5-6,14H2,1-4H3/t15-,19-,20-/m1/s1. The van der Waals surface area contributed by atoms with Crippen LogP contribution < -0.4 is 0 Å². The summed E-state index contributed by atoms with van der Waals surface area (Å²) in [4.78, 5) is 29.4. The number of hydrogen-bond donors (Lipinski definition) is 0. The molecule has 2 aromatic rings. The summed E-state index contributed by atoms with van der Waals surface area (Å²) in [5, 5.41) is 2.30. The molecule has 26 heavy (non-hydrogen) atoms. The molecule has 4 heteroatoms. The van der Waals surface area contributed by atoms with Crippen LogP contribution in [0.5, 0.6) is 0 Å². The van der Waals surface area contributed by atoms with Gasteiger partial charge in [0.1, 0.15) is 12.1 Å². The van der Waals surface area contributed by atoms with Crippen molar-refractivity contribution in [2.75, 3.05) is 14.1 Å². The molecular formula is C22H28N2O2. The van der Waals surface area contributed by atoms with Crippen LogP contribution in [0, 0.1) is 0 Å². The molecule has 1 heterocycles. The third-order valence-corrected chi connectivity index (χ3v) is 5.74. The predicted molar refractivity (Wildman–Crippen MR) is 105 cm³/mol. The minimum Gasteiger partial charge on any atom is -0.332 e. The maximum Gasteiger partial charge on any atom is 0.246 e. The number of fused-ring (bicyclic) bond motifs is 1. The molecular weight excluding hydrogens is 324 g/mol. The Bertz CT molecular complexity index is 811. The smallest absolute Gasteiger partial charge is 0.246 e. The minimum atomic E-state index is -0.462. The highest BCUT2D eigenvalue weighted by atomic mass is 16.2. The maximum atomic E-state index is 13.1. The minimum absolute atomic E-state index is 0.0358. The molecule has 0 bridgehead atoms. The van der Waals surface area contributed by atoms with Gasteiger partial charge < -0.3 is 9.80 Å². The number of hydrogen-bond acceptors (Lipinski definition) is 2. The van der Waals surface area contributed by atoms with E-state index in [0.29, 0.717) is 0 Å². The van der Waals surface area contributed by atoms with Crippen molar-refractivity contribution in [1.29, 1.82) is 0 Å². The summed E-state index contributed by atoms with van der Waals surface area (Å²) >= 11 is 0. The molecule has 0 spiro atoms. The van der Waals surface area contributed by atoms with Gasteiger partial charge >= 0.3 is 0 Å². The van der Waals surface area contributed by atoms with E-state index in [-0.39, 0.29) is 23.8 Å². The van der Waals surface area contributed by atoms with Crippen LogP contribution >= 0.6 is 0 Å². The monoisotopic (exact) mass is 352 g/mol. The van der Waals surface area contributed by atoms with Crippen LogP contribution in [0.3, 0.4) is 0 Å². The summed E-state index contributed by atoms with van der Waals surface area (Å²) < 4.78 is 0. The number of piperazine rings is 1. The summed E-state index contributed by atoms with van der Waals surface area (Å²) in [5.74, 6) is 0.0170. The summed E-state index contributed by atoms with van der Waals surface area (Å²) in [5.41, 5.74) is 1.11. The van der Waals surface area contributed by atoms with Crippen molar-refractivity contribution in [2.24, 2.45) is 0 Å². The normalized spacial score (nSPS) is 22.2. The Morgan fingerprint density at radius 2 is 1.65 bits per heavy atom. The molecule has 0 N–H and O–H groups in total. The molecule has 3 rings (SSSR count). The summed E-state index contributed by atoms with van der Waals surface area (Å²) in [6.07, 6.45) is 2.70. The van der Waals surface area contributed by atoms with Gasteiger partial charge in [-0.25, -0.2) is 0 Å². The molecule has 2 aromatic carbocycles. The van der Waals surface area contributed by atoms with Crippen LogP contribution in [-0.4, -0.2) is 47.8 Å². The van der Waals surface area contributed by atoms with Crippen LogP contribution in [0.4, 0.5) is 0 Å². The molecule has 0 aromatic heterocycles. The first-order valence-corrected chi connectivity index (χ1v) is 9.48. The first-order chi connectivity index (χ1) is 12.5. The molecule has 1 fully saturated rings. The maximum absolute atomic E-state index is 13.1. The Morgan fingerprint density at radius 3 is 2.38 bits per heavy atom. The zero-order valence-electron chi connectivity index (χ0n) is 16.1. The second-order valence-electron chi connectivity index (χ2n) is 7.36. The van der Waals surface area contributed by atoms with Crippen molar-refractivity contribution in [3.05, 3.63) is 48.0 Å². The Morgan fingerprint density at radius 1 is 0.962 bits per heavy atom. The fraction of sp³-hybridized carbons (Fsp3) is 0.455. The predicted octanol–water partition coefficient (Wildman–Crippen LogP) is 3.80. The van der Waals surface area contributed by atoms with Gasteiger partial charge in [-0.15, -0.1) is 0 Å². The van der Waals surface area contributed by atoms with E-state index in [1.165, 1.54) is 0 Å². The molecule has 2 amide bonds. The fourth-order valence-electron chi connectivity index (χ4n) is 4.15. The van der Waals surface area contributed by atoms with Crippen molar-refractivity contribution in [1.82, 2.24) is 9.80 Å². The summed E-state index contributed by atoms with van der Waals surface area (Å²) in [7, 11) is 3.55. The number of carbonyl (C=O) groups excluding carboxylic acids is 2. The molecule has 4 nitrogen and oxygen atoms in total. The summed E-state index contributed by atoms with van der Waals surface area (Å²) in [6, 6.07) is 13.6. The van der Waals surface area contributed by atoms with Crippen LogP contribution in [0.2, 0.25) is 0 Å². The van der Waals surface area contributed by atoms with Crippen molar-refractivity contribution in [3.8, 4) is 0 Å². The zero-order valence-corrected chi connectivity index (χ0v) is 16.1. The Hall–Kier alpha value is -2.36. The first kappa shape index (κ1) is 18.4. The molecule has 0 aliphatic carbocycles. The van der Waals surface area contributed by atoms with E-state index < -0.39 is 6.04 Å². The van der Waals surface area contributed by atoms with Crippen molar-refractivity contribution < 1.29 is 9.59 Å². The van der Waals surface area contributed by atoms with Gasteiger partial charge in [-0.05, 0) is 22.8 Å². The molecule has 0 radical (unpaired) electrons. The first-order valence-electron chi connectivity index (χ1n) is 9.48. The number of carbonyl (C=O) groups is 2. The lowest BCUT2D eigenvalue weighted by atomic mass is 9.86. The van der Waals surface area contributed by atoms with E-state index in [1.54, 1.807) is 23.9 Å². The van der Waals surface area contributed by atoms with Gasteiger partial charge in [0.15, 0.2) is 0 Å². The highest BCUT2D eigenvalue weighted by molar-refractivity contribution is 5.98. The summed E-state index contributed by atoms with van der Waals surface area (Å²) in [6.45, 7) is 4.15. The van der Waals surface area contributed by atoms with E-state index in [2.05, 4.69) is 31.2 Å². The molecule has 0 unspecified atom stereocenters. The quantitative estimate of drug-likeness (QED) is 0.821. The van der Waals surface area contributed by atoms with Gasteiger partial charge in [-0.1, -0.05) is 69.2 Å². The van der Waals surface area contributed by atoms with Crippen LogP contribution in [0.1, 0.15) is 44.6 Å². The highest BCUT2D eigenvalue weighted by Crippen LogP contribution is 2.33. The van der Waals surface area contributed by atoms with Crippen molar-refractivity contribution in [2.45, 2.75) is 51.1 Å². The van der Waals surface area contributed by atoms with Crippen LogP contribution in [0.15, 0.2) is 42.5 Å². The lowest BCUT2D eigenvalue weighted by molar-refractivity contribution is -0.159. The van der Waals surface area contributed by atoms with Crippen LogP contribution in [0.25, 0.3) is 10.8 Å². The second-order valence-corrected chi connectivity index (χ2v) is 7.36. The lowest BCUT2D eigenvalue weighted by Crippen LogP contribution is -2.63. The Kier molecular flexibility index (Phi) is 5.30. The highest BCUT2D eigenvalue weighted by Gasteiger charge is 2.44. The number of likely N-dealkylation sites (N-methyl/N-ethyl adjacent to an activating group) is 2. The van der Waals surface area contributed by atoms with Gasteiger partial charge in [0.2, 0.25) is 11.8 Å². The topological polar surface area (TPSA) is 40.6 Å². The number of rotatable bonds is 5. The van der Waals surface area contributed by atoms with E-state index in [9.17, 15) is 9.59 Å². The van der Waals surface area contributed by atoms with Gasteiger partial charge in [-0.3, -0.25) is 9.59 Å². The molecule has 1 saturated heterocycles. The number of nitrogens with zero attached hydrogens (tertiary/aromatic N) is 2. The Balaban J connectivity index is 1.95. The average molecular weight is 352 g/mol. The number of unbranched alkanes of at least 4 members (excludes halogenated alkanes) is 1. The SMILES string of the molecule is CCCC[C@@H]1C(=O)N(C)[C@H]([C@H](C)c2cccc3ccccc23)C(=O)N1C. The number of amides is 2. The molecule has 3 atom stereocenters. The van der Waals surface area contributed by atoms with E-state index >= 15 is 0 Å². The van der Waals surface area contributed by atoms with Crippen LogP contribution in [-0.2, 0) is 9.59 Å². The molecule has 138 valence electrons. The number of benzene rings is 2. The third-order valence-electron chi connectivity index (χ3n) is 5.74. The molecule has 0 saturated carbocycles. The third kappa shape index (κ3) is 3.09. The van der Waals surface area contributed by atoms with Crippen molar-refractivity contribution in [3.63, 3.8) is 0 Å². The lowest BCUT2D eigenvalue weighted by Gasteiger charge is -2.44. The average Bonchev–Trinajstić information content (AvgIpc) is 2.66. The van der Waals surface area contributed by atoms with Gasteiger partial charge in [0.25, 0.3) is 0 Å². The molecule has 1 aliphatic heterocycles. The van der Waals surface area contributed by atoms with E-state index in [4.69, 9.17) is 0 Å². The van der Waals surface area contributed by atoms with Gasteiger partial charge in [0.05, 0.1) is 0 Å². The van der Waals surface area contributed by atoms with Gasteiger partial charge in [0, 0.05) is 20.0 Å². The second kappa shape index (κ2) is 7.48. The fourth-order valence-corrected chi connectivity index (χ4v) is 4.15. The van der Waals surface area contributed by atoms with Crippen molar-refractivity contribution >= 4 is 22.6 Å². The molecule has 1 aliphatic rings. The Labute approximate surface area is 155 Å². The zero-order chi connectivity index (χ0) is 18.8. The largest absolute Gasteiger partial charge is 0.332 e. The van der Waals surface area contributed by atoms with Gasteiger partial charge in [-0.2, -0.15) is 0 Å².